The van der Waals surface area contributed by atoms with Gasteiger partial charge in [-0.05, 0) is 42.7 Å². The molecule has 0 radical (unpaired) electrons. The molecule has 5 rings (SSSR count). The van der Waals surface area contributed by atoms with Crippen LogP contribution in [-0.2, 0) is 0 Å². The first-order valence-electron chi connectivity index (χ1n) is 10.9. The molecule has 8 nitrogen and oxygen atoms in total. The number of aromatic nitrogens is 4. The first-order valence-corrected chi connectivity index (χ1v) is 10.9. The van der Waals surface area contributed by atoms with Gasteiger partial charge in [0.1, 0.15) is 12.0 Å². The standard InChI is InChI=1S/C24H21F3N6O2/c1-35-21-3-2-12(4-19(21)27)22(14-9-29-30-10-14)33-23(34)13-5-18(26)17-11-28-24(32-20(17)6-13)31-16-7-15(25)8-16/h2-6,9-11,15-16,22H,7-8H2,1H3,(H,29,30)(H,33,34)(H,28,31,32)/t15?,16?,22-/m0/s1. The van der Waals surface area contributed by atoms with E-state index >= 15 is 0 Å². The summed E-state index contributed by atoms with van der Waals surface area (Å²) in [6.45, 7) is 0. The molecule has 2 aromatic heterocycles. The minimum absolute atomic E-state index is 0.0228. The first-order chi connectivity index (χ1) is 16.9. The van der Waals surface area contributed by atoms with Crippen LogP contribution >= 0.6 is 0 Å². The molecule has 180 valence electrons. The van der Waals surface area contributed by atoms with E-state index in [0.717, 1.165) is 6.07 Å². The Morgan fingerprint density at radius 3 is 2.66 bits per heavy atom. The normalized spacial score (nSPS) is 18.1. The molecule has 2 heterocycles. The molecular weight excluding hydrogens is 461 g/mol. The van der Waals surface area contributed by atoms with E-state index in [1.807, 2.05) is 0 Å². The number of ether oxygens (including phenoxy) is 1. The van der Waals surface area contributed by atoms with Crippen LogP contribution in [0.4, 0.5) is 19.1 Å². The summed E-state index contributed by atoms with van der Waals surface area (Å²) >= 11 is 0. The zero-order chi connectivity index (χ0) is 24.5. The zero-order valence-electron chi connectivity index (χ0n) is 18.6. The molecule has 3 N–H and O–H groups in total. The number of hydrogen-bond donors (Lipinski definition) is 3. The van der Waals surface area contributed by atoms with Gasteiger partial charge in [-0.1, -0.05) is 6.07 Å². The second-order valence-corrected chi connectivity index (χ2v) is 8.33. The molecule has 1 fully saturated rings. The van der Waals surface area contributed by atoms with Crippen LogP contribution in [0.15, 0.2) is 48.9 Å². The number of halogens is 3. The Bertz CT molecular complexity index is 1380. The van der Waals surface area contributed by atoms with E-state index in [0.29, 0.717) is 24.0 Å². The quantitative estimate of drug-likeness (QED) is 0.367. The van der Waals surface area contributed by atoms with Crippen LogP contribution < -0.4 is 15.4 Å². The minimum Gasteiger partial charge on any atom is -0.494 e. The Morgan fingerprint density at radius 1 is 1.14 bits per heavy atom. The lowest BCUT2D eigenvalue weighted by molar-refractivity contribution is 0.0942. The second kappa shape index (κ2) is 9.24. The third-order valence-corrected chi connectivity index (χ3v) is 5.96. The Labute approximate surface area is 197 Å². The SMILES string of the molecule is COc1ccc([C@H](NC(=O)c2cc(F)c3cnc(NC4CC(F)C4)nc3c2)c2cn[nH]c2)cc1F. The summed E-state index contributed by atoms with van der Waals surface area (Å²) in [5, 5.41) is 12.5. The molecule has 0 saturated heterocycles. The lowest BCUT2D eigenvalue weighted by Gasteiger charge is -2.30. The number of fused-ring (bicyclic) bond motifs is 1. The van der Waals surface area contributed by atoms with Gasteiger partial charge in [0.05, 0.1) is 30.3 Å². The van der Waals surface area contributed by atoms with E-state index in [2.05, 4.69) is 30.8 Å². The number of amides is 1. The van der Waals surface area contributed by atoms with Crippen LogP contribution in [0.25, 0.3) is 10.9 Å². The highest BCUT2D eigenvalue weighted by Gasteiger charge is 2.29. The third-order valence-electron chi connectivity index (χ3n) is 5.96. The van der Waals surface area contributed by atoms with Crippen molar-refractivity contribution in [2.45, 2.75) is 31.1 Å². The van der Waals surface area contributed by atoms with Crippen LogP contribution in [0, 0.1) is 11.6 Å². The molecular formula is C24H21F3N6O2. The zero-order valence-corrected chi connectivity index (χ0v) is 18.6. The number of methoxy groups -OCH3 is 1. The molecule has 4 aromatic rings. The van der Waals surface area contributed by atoms with Crippen molar-refractivity contribution in [2.75, 3.05) is 12.4 Å². The molecule has 1 aliphatic rings. The van der Waals surface area contributed by atoms with Crippen molar-refractivity contribution in [3.05, 3.63) is 77.2 Å². The smallest absolute Gasteiger partial charge is 0.252 e. The largest absolute Gasteiger partial charge is 0.494 e. The molecule has 1 aliphatic carbocycles. The summed E-state index contributed by atoms with van der Waals surface area (Å²) in [5.41, 5.74) is 1.26. The fraction of sp³-hybridized carbons (Fsp3) is 0.250. The molecule has 1 saturated carbocycles. The molecule has 11 heteroatoms. The Kier molecular flexibility index (Phi) is 5.98. The topological polar surface area (TPSA) is 105 Å². The number of alkyl halides is 1. The van der Waals surface area contributed by atoms with Crippen LogP contribution in [0.3, 0.4) is 0 Å². The first kappa shape index (κ1) is 22.6. The average molecular weight is 482 g/mol. The van der Waals surface area contributed by atoms with E-state index < -0.39 is 29.8 Å². The van der Waals surface area contributed by atoms with Gasteiger partial charge in [0, 0.05) is 29.6 Å². The van der Waals surface area contributed by atoms with Gasteiger partial charge in [0.25, 0.3) is 5.91 Å². The van der Waals surface area contributed by atoms with Crippen molar-refractivity contribution in [2.24, 2.45) is 0 Å². The predicted molar refractivity (Wildman–Crippen MR) is 122 cm³/mol. The summed E-state index contributed by atoms with van der Waals surface area (Å²) in [4.78, 5) is 21.5. The lowest BCUT2D eigenvalue weighted by Crippen LogP contribution is -2.37. The number of hydrogen-bond acceptors (Lipinski definition) is 6. The number of aromatic amines is 1. The number of anilines is 1. The second-order valence-electron chi connectivity index (χ2n) is 8.33. The Balaban J connectivity index is 1.43. The Hall–Kier alpha value is -4.15. The van der Waals surface area contributed by atoms with Crippen molar-refractivity contribution < 1.29 is 22.7 Å². The van der Waals surface area contributed by atoms with Gasteiger partial charge in [-0.15, -0.1) is 0 Å². The molecule has 1 amide bonds. The van der Waals surface area contributed by atoms with E-state index in [4.69, 9.17) is 4.74 Å². The van der Waals surface area contributed by atoms with Crippen LogP contribution in [-0.4, -0.2) is 45.4 Å². The third kappa shape index (κ3) is 4.61. The molecule has 0 spiro atoms. The van der Waals surface area contributed by atoms with Crippen molar-refractivity contribution >= 4 is 22.8 Å². The summed E-state index contributed by atoms with van der Waals surface area (Å²) < 4.78 is 47.2. The van der Waals surface area contributed by atoms with Gasteiger partial charge in [-0.25, -0.2) is 23.1 Å². The molecule has 35 heavy (non-hydrogen) atoms. The van der Waals surface area contributed by atoms with E-state index in [-0.39, 0.29) is 34.2 Å². The minimum atomic E-state index is -0.844. The van der Waals surface area contributed by atoms with Crippen LogP contribution in [0.1, 0.15) is 40.4 Å². The summed E-state index contributed by atoms with van der Waals surface area (Å²) in [6.07, 6.45) is 4.27. The van der Waals surface area contributed by atoms with Gasteiger partial charge < -0.3 is 15.4 Å². The van der Waals surface area contributed by atoms with Gasteiger partial charge in [0.2, 0.25) is 5.95 Å². The van der Waals surface area contributed by atoms with Gasteiger partial charge >= 0.3 is 0 Å². The molecule has 1 atom stereocenters. The number of nitrogens with one attached hydrogen (secondary N) is 3. The molecule has 2 aromatic carbocycles. The van der Waals surface area contributed by atoms with Crippen LogP contribution in [0.2, 0.25) is 0 Å². The maximum atomic E-state index is 14.8. The predicted octanol–water partition coefficient (Wildman–Crippen LogP) is 4.07. The van der Waals surface area contributed by atoms with Gasteiger partial charge in [-0.2, -0.15) is 5.10 Å². The van der Waals surface area contributed by atoms with Gasteiger partial charge in [0.15, 0.2) is 11.6 Å². The van der Waals surface area contributed by atoms with Crippen molar-refractivity contribution in [3.8, 4) is 5.75 Å². The van der Waals surface area contributed by atoms with Gasteiger partial charge in [-0.3, -0.25) is 9.89 Å². The number of H-pyrrole nitrogens is 1. The summed E-state index contributed by atoms with van der Waals surface area (Å²) in [7, 11) is 1.36. The Morgan fingerprint density at radius 2 is 1.97 bits per heavy atom. The van der Waals surface area contributed by atoms with Crippen molar-refractivity contribution in [1.29, 1.82) is 0 Å². The monoisotopic (exact) mass is 482 g/mol. The fourth-order valence-corrected chi connectivity index (χ4v) is 4.00. The average Bonchev–Trinajstić information content (AvgIpc) is 3.36. The lowest BCUT2D eigenvalue weighted by atomic mass is 9.91. The molecule has 0 unspecified atom stereocenters. The molecule has 0 bridgehead atoms. The van der Waals surface area contributed by atoms with E-state index in [1.165, 1.54) is 37.7 Å². The number of nitrogens with zero attached hydrogens (tertiary/aromatic N) is 3. The van der Waals surface area contributed by atoms with Crippen molar-refractivity contribution in [3.63, 3.8) is 0 Å². The maximum Gasteiger partial charge on any atom is 0.252 e. The maximum absolute atomic E-state index is 14.8. The van der Waals surface area contributed by atoms with E-state index in [1.54, 1.807) is 12.3 Å². The number of rotatable bonds is 7. The van der Waals surface area contributed by atoms with Crippen molar-refractivity contribution in [1.82, 2.24) is 25.5 Å². The highest BCUT2D eigenvalue weighted by molar-refractivity contribution is 5.98. The number of carbonyl (C=O) groups is 1. The molecule has 0 aliphatic heterocycles. The highest BCUT2D eigenvalue weighted by atomic mass is 19.1. The van der Waals surface area contributed by atoms with E-state index in [9.17, 15) is 18.0 Å². The number of carbonyl (C=O) groups excluding carboxylic acids is 1. The highest BCUT2D eigenvalue weighted by Crippen LogP contribution is 2.28. The summed E-state index contributed by atoms with van der Waals surface area (Å²) in [6, 6.07) is 6.02. The fourth-order valence-electron chi connectivity index (χ4n) is 4.00. The summed E-state index contributed by atoms with van der Waals surface area (Å²) in [5.74, 6) is -1.55. The number of benzene rings is 2. The van der Waals surface area contributed by atoms with Crippen LogP contribution in [0.5, 0.6) is 5.75 Å².